The van der Waals surface area contributed by atoms with Crippen LogP contribution in [0.4, 0.5) is 0 Å². The highest BCUT2D eigenvalue weighted by Crippen LogP contribution is 2.32. The summed E-state index contributed by atoms with van der Waals surface area (Å²) in [7, 11) is 0. The van der Waals surface area contributed by atoms with Crippen molar-refractivity contribution in [2.75, 3.05) is 0 Å². The van der Waals surface area contributed by atoms with Gasteiger partial charge in [-0.3, -0.25) is 0 Å². The minimum atomic E-state index is -0.390. The van der Waals surface area contributed by atoms with Gasteiger partial charge >= 0.3 is 5.97 Å². The third-order valence-corrected chi connectivity index (χ3v) is 5.00. The third kappa shape index (κ3) is 4.79. The molecule has 0 spiro atoms. The van der Waals surface area contributed by atoms with E-state index in [0.717, 1.165) is 19.3 Å². The van der Waals surface area contributed by atoms with E-state index >= 15 is 0 Å². The van der Waals surface area contributed by atoms with Crippen LogP contribution in [0.5, 0.6) is 0 Å². The summed E-state index contributed by atoms with van der Waals surface area (Å²) in [5, 5.41) is 8.99. The molecule has 1 saturated carbocycles. The van der Waals surface area contributed by atoms with E-state index in [1.165, 1.54) is 32.1 Å². The van der Waals surface area contributed by atoms with Gasteiger partial charge < -0.3 is 4.74 Å². The van der Waals surface area contributed by atoms with Crippen molar-refractivity contribution in [3.05, 3.63) is 0 Å². The van der Waals surface area contributed by atoms with E-state index < -0.39 is 0 Å². The van der Waals surface area contributed by atoms with E-state index in [4.69, 9.17) is 4.74 Å². The largest absolute Gasteiger partial charge is 0.460 e. The van der Waals surface area contributed by atoms with E-state index in [0.29, 0.717) is 11.8 Å². The van der Waals surface area contributed by atoms with Gasteiger partial charge in [0, 0.05) is 6.42 Å². The van der Waals surface area contributed by atoms with Crippen molar-refractivity contribution >= 4 is 5.97 Å². The smallest absolute Gasteiger partial charge is 0.333 e. The minimum absolute atomic E-state index is 0.0576. The molecule has 4 heteroatoms. The molecule has 0 bridgehead atoms. The molecule has 0 radical (unpaired) electrons. The summed E-state index contributed by atoms with van der Waals surface area (Å²) >= 11 is 0. The molecular formula is C18H32N2O2. The van der Waals surface area contributed by atoms with Gasteiger partial charge in [-0.2, -0.15) is 10.2 Å². The Morgan fingerprint density at radius 2 is 1.68 bits per heavy atom. The Bertz CT molecular complexity index is 396. The summed E-state index contributed by atoms with van der Waals surface area (Å²) in [6, 6.07) is -0.390. The highest BCUT2D eigenvalue weighted by molar-refractivity contribution is 5.76. The maximum Gasteiger partial charge on any atom is 0.333 e. The molecule has 1 heterocycles. The molecule has 4 nitrogen and oxygen atoms in total. The lowest BCUT2D eigenvalue weighted by Gasteiger charge is -2.33. The van der Waals surface area contributed by atoms with E-state index in [1.54, 1.807) is 0 Å². The van der Waals surface area contributed by atoms with E-state index in [-0.39, 0.29) is 23.7 Å². The summed E-state index contributed by atoms with van der Waals surface area (Å²) in [6.45, 7) is 8.38. The molecule has 126 valence electrons. The number of hydrogen-bond acceptors (Lipinski definition) is 4. The van der Waals surface area contributed by atoms with E-state index in [2.05, 4.69) is 37.9 Å². The van der Waals surface area contributed by atoms with Crippen LogP contribution in [0.25, 0.3) is 0 Å². The second-order valence-corrected chi connectivity index (χ2v) is 8.00. The molecule has 1 aliphatic carbocycles. The van der Waals surface area contributed by atoms with Gasteiger partial charge in [0.1, 0.15) is 6.10 Å². The van der Waals surface area contributed by atoms with Crippen molar-refractivity contribution in [2.45, 2.75) is 96.7 Å². The Hall–Kier alpha value is -0.930. The number of esters is 1. The Morgan fingerprint density at radius 1 is 1.09 bits per heavy atom. The SMILES string of the molecule is CC(C)C1CC(C)(C)N=NC(C2CCCCCCC2)C(=O)O1. The predicted octanol–water partition coefficient (Wildman–Crippen LogP) is 4.92. The summed E-state index contributed by atoms with van der Waals surface area (Å²) in [5.41, 5.74) is -0.254. The van der Waals surface area contributed by atoms with Crippen LogP contribution in [0.1, 0.15) is 79.1 Å². The first-order valence-electron chi connectivity index (χ1n) is 9.01. The number of rotatable bonds is 2. The lowest BCUT2D eigenvalue weighted by molar-refractivity contribution is -0.156. The molecule has 0 saturated heterocycles. The van der Waals surface area contributed by atoms with Gasteiger partial charge in [0.15, 0.2) is 6.04 Å². The molecule has 0 N–H and O–H groups in total. The summed E-state index contributed by atoms with van der Waals surface area (Å²) < 4.78 is 5.83. The van der Waals surface area contributed by atoms with Crippen LogP contribution < -0.4 is 0 Å². The fourth-order valence-corrected chi connectivity index (χ4v) is 3.52. The lowest BCUT2D eigenvalue weighted by Crippen LogP contribution is -2.40. The number of ether oxygens (including phenoxy) is 1. The molecule has 2 aliphatic rings. The molecule has 2 rings (SSSR count). The average Bonchev–Trinajstić information content (AvgIpc) is 2.38. The topological polar surface area (TPSA) is 51.0 Å². The Kier molecular flexibility index (Phi) is 5.99. The van der Waals surface area contributed by atoms with Crippen molar-refractivity contribution < 1.29 is 9.53 Å². The molecule has 1 aliphatic heterocycles. The second kappa shape index (κ2) is 7.56. The normalized spacial score (nSPS) is 31.0. The van der Waals surface area contributed by atoms with Gasteiger partial charge in [0.2, 0.25) is 0 Å². The zero-order valence-corrected chi connectivity index (χ0v) is 14.7. The van der Waals surface area contributed by atoms with Crippen molar-refractivity contribution in [2.24, 2.45) is 22.1 Å². The predicted molar refractivity (Wildman–Crippen MR) is 87.9 cm³/mol. The van der Waals surface area contributed by atoms with Crippen LogP contribution in [0.2, 0.25) is 0 Å². The number of cyclic esters (lactones) is 1. The molecule has 0 aromatic heterocycles. The van der Waals surface area contributed by atoms with Crippen LogP contribution >= 0.6 is 0 Å². The van der Waals surface area contributed by atoms with E-state index in [9.17, 15) is 4.79 Å². The first-order valence-corrected chi connectivity index (χ1v) is 9.01. The zero-order chi connectivity index (χ0) is 16.2. The van der Waals surface area contributed by atoms with Crippen molar-refractivity contribution in [1.29, 1.82) is 0 Å². The third-order valence-electron chi connectivity index (χ3n) is 5.00. The standard InChI is InChI=1S/C18H32N2O2/c1-13(2)15-12-18(3,4)20-19-16(17(21)22-15)14-10-8-6-5-7-9-11-14/h13-16H,5-12H2,1-4H3. The van der Waals surface area contributed by atoms with Gasteiger partial charge in [0.25, 0.3) is 0 Å². The monoisotopic (exact) mass is 308 g/mol. The quantitative estimate of drug-likeness (QED) is 0.680. The van der Waals surface area contributed by atoms with Crippen LogP contribution in [0, 0.1) is 11.8 Å². The summed E-state index contributed by atoms with van der Waals surface area (Å²) in [6.07, 6.45) is 9.10. The molecule has 22 heavy (non-hydrogen) atoms. The molecular weight excluding hydrogens is 276 g/mol. The van der Waals surface area contributed by atoms with Crippen molar-refractivity contribution in [3.8, 4) is 0 Å². The molecule has 0 aromatic carbocycles. The molecule has 0 aromatic rings. The Morgan fingerprint density at radius 3 is 2.27 bits per heavy atom. The average molecular weight is 308 g/mol. The molecule has 2 atom stereocenters. The first-order chi connectivity index (χ1) is 10.4. The number of carbonyl (C=O) groups excluding carboxylic acids is 1. The van der Waals surface area contributed by atoms with Crippen LogP contribution in [0.3, 0.4) is 0 Å². The lowest BCUT2D eigenvalue weighted by atomic mass is 9.85. The van der Waals surface area contributed by atoms with Gasteiger partial charge in [-0.25, -0.2) is 4.79 Å². The van der Waals surface area contributed by atoms with Gasteiger partial charge in [-0.05, 0) is 38.5 Å². The maximum absolute atomic E-state index is 12.6. The number of hydrogen-bond donors (Lipinski definition) is 0. The fourth-order valence-electron chi connectivity index (χ4n) is 3.52. The summed E-state index contributed by atoms with van der Waals surface area (Å²) in [4.78, 5) is 12.6. The summed E-state index contributed by atoms with van der Waals surface area (Å²) in [5.74, 6) is 0.469. The fraction of sp³-hybridized carbons (Fsp3) is 0.944. The first kappa shape index (κ1) is 17.4. The zero-order valence-electron chi connectivity index (χ0n) is 14.7. The van der Waals surface area contributed by atoms with Crippen LogP contribution in [-0.4, -0.2) is 23.7 Å². The van der Waals surface area contributed by atoms with Crippen molar-refractivity contribution in [1.82, 2.24) is 0 Å². The number of carbonyl (C=O) groups is 1. The highest BCUT2D eigenvalue weighted by Gasteiger charge is 2.37. The molecule has 2 unspecified atom stereocenters. The Balaban J connectivity index is 2.17. The van der Waals surface area contributed by atoms with Gasteiger partial charge in [0.05, 0.1) is 5.54 Å². The van der Waals surface area contributed by atoms with Gasteiger partial charge in [-0.1, -0.05) is 46.0 Å². The van der Waals surface area contributed by atoms with Crippen molar-refractivity contribution in [3.63, 3.8) is 0 Å². The molecule has 0 amide bonds. The van der Waals surface area contributed by atoms with E-state index in [1.807, 2.05) is 0 Å². The van der Waals surface area contributed by atoms with Gasteiger partial charge in [-0.15, -0.1) is 0 Å². The molecule has 1 fully saturated rings. The maximum atomic E-state index is 12.6. The van der Waals surface area contributed by atoms with Crippen LogP contribution in [-0.2, 0) is 9.53 Å². The minimum Gasteiger partial charge on any atom is -0.460 e. The highest BCUT2D eigenvalue weighted by atomic mass is 16.5. The number of nitrogens with zero attached hydrogens (tertiary/aromatic N) is 2. The second-order valence-electron chi connectivity index (χ2n) is 8.00. The Labute approximate surface area is 135 Å². The number of azo groups is 1. The van der Waals surface area contributed by atoms with Crippen LogP contribution in [0.15, 0.2) is 10.2 Å².